The highest BCUT2D eigenvalue weighted by Gasteiger charge is 2.37. The lowest BCUT2D eigenvalue weighted by atomic mass is 9.80. The van der Waals surface area contributed by atoms with E-state index in [-0.39, 0.29) is 0 Å². The molecule has 0 aromatic heterocycles. The van der Waals surface area contributed by atoms with Crippen molar-refractivity contribution in [3.05, 3.63) is 0 Å². The Morgan fingerprint density at radius 3 is 2.39 bits per heavy atom. The summed E-state index contributed by atoms with van der Waals surface area (Å²) in [5.41, 5.74) is 6.49. The molecule has 2 saturated heterocycles. The van der Waals surface area contributed by atoms with Crippen LogP contribution >= 0.6 is 0 Å². The van der Waals surface area contributed by atoms with E-state index in [0.717, 1.165) is 31.6 Å². The molecule has 2 aliphatic rings. The van der Waals surface area contributed by atoms with Gasteiger partial charge in [0.1, 0.15) is 0 Å². The van der Waals surface area contributed by atoms with Gasteiger partial charge in [-0.25, -0.2) is 0 Å². The van der Waals surface area contributed by atoms with Gasteiger partial charge in [0.2, 0.25) is 0 Å². The summed E-state index contributed by atoms with van der Waals surface area (Å²) in [4.78, 5) is 2.66. The molecule has 0 bridgehead atoms. The Morgan fingerprint density at radius 2 is 1.89 bits per heavy atom. The topological polar surface area (TPSA) is 38.5 Å². The van der Waals surface area contributed by atoms with Crippen molar-refractivity contribution in [1.82, 2.24) is 4.90 Å². The largest absolute Gasteiger partial charge is 0.381 e. The summed E-state index contributed by atoms with van der Waals surface area (Å²) >= 11 is 0. The first kappa shape index (κ1) is 14.3. The van der Waals surface area contributed by atoms with Gasteiger partial charge in [-0.05, 0) is 43.1 Å². The van der Waals surface area contributed by atoms with Crippen LogP contribution in [-0.4, -0.2) is 43.8 Å². The molecule has 2 aliphatic heterocycles. The minimum absolute atomic E-state index is 0.434. The second-order valence-corrected chi connectivity index (χ2v) is 7.10. The van der Waals surface area contributed by atoms with E-state index >= 15 is 0 Å². The molecule has 2 N–H and O–H groups in total. The van der Waals surface area contributed by atoms with Crippen molar-refractivity contribution in [3.63, 3.8) is 0 Å². The predicted molar refractivity (Wildman–Crippen MR) is 75.5 cm³/mol. The fraction of sp³-hybridized carbons (Fsp3) is 1.00. The van der Waals surface area contributed by atoms with Gasteiger partial charge in [0, 0.05) is 32.3 Å². The molecule has 0 amide bonds. The van der Waals surface area contributed by atoms with Crippen LogP contribution in [0.3, 0.4) is 0 Å². The molecule has 0 aromatic carbocycles. The van der Waals surface area contributed by atoms with E-state index in [1.807, 2.05) is 0 Å². The van der Waals surface area contributed by atoms with Crippen molar-refractivity contribution in [3.8, 4) is 0 Å². The minimum atomic E-state index is 0.434. The average molecular weight is 254 g/mol. The zero-order valence-corrected chi connectivity index (χ0v) is 12.3. The van der Waals surface area contributed by atoms with Crippen LogP contribution < -0.4 is 5.73 Å². The molecule has 2 rings (SSSR count). The maximum Gasteiger partial charge on any atom is 0.0469 e. The molecule has 0 spiro atoms. The van der Waals surface area contributed by atoms with Crippen LogP contribution in [0.2, 0.25) is 0 Å². The van der Waals surface area contributed by atoms with E-state index in [9.17, 15) is 0 Å². The van der Waals surface area contributed by atoms with Crippen molar-refractivity contribution in [2.75, 3.05) is 32.8 Å². The highest BCUT2D eigenvalue weighted by atomic mass is 16.5. The lowest BCUT2D eigenvalue weighted by Crippen LogP contribution is -2.46. The summed E-state index contributed by atoms with van der Waals surface area (Å²) in [6.45, 7) is 12.2. The summed E-state index contributed by atoms with van der Waals surface area (Å²) in [6.07, 6.45) is 3.72. The van der Waals surface area contributed by atoms with E-state index in [1.54, 1.807) is 0 Å². The Bertz CT molecular complexity index is 256. The van der Waals surface area contributed by atoms with Gasteiger partial charge in [0.25, 0.3) is 0 Å². The molecular weight excluding hydrogens is 224 g/mol. The first-order valence-corrected chi connectivity index (χ1v) is 7.54. The van der Waals surface area contributed by atoms with Gasteiger partial charge in [0.15, 0.2) is 0 Å². The van der Waals surface area contributed by atoms with Crippen LogP contribution in [-0.2, 0) is 4.74 Å². The molecule has 3 heteroatoms. The number of rotatable bonds is 3. The second kappa shape index (κ2) is 5.89. The van der Waals surface area contributed by atoms with Crippen molar-refractivity contribution >= 4 is 0 Å². The van der Waals surface area contributed by atoms with Gasteiger partial charge in [-0.2, -0.15) is 0 Å². The van der Waals surface area contributed by atoms with Crippen LogP contribution in [0.4, 0.5) is 0 Å². The number of nitrogens with two attached hydrogens (primary N) is 1. The van der Waals surface area contributed by atoms with Gasteiger partial charge < -0.3 is 10.5 Å². The summed E-state index contributed by atoms with van der Waals surface area (Å²) in [6, 6.07) is 0.584. The van der Waals surface area contributed by atoms with Crippen LogP contribution in [0.1, 0.15) is 40.0 Å². The fourth-order valence-electron chi connectivity index (χ4n) is 3.54. The smallest absolute Gasteiger partial charge is 0.0469 e. The van der Waals surface area contributed by atoms with Gasteiger partial charge in [-0.3, -0.25) is 4.90 Å². The molecule has 0 aromatic rings. The number of nitrogens with zero attached hydrogens (tertiary/aromatic N) is 1. The normalized spacial score (nSPS) is 29.7. The van der Waals surface area contributed by atoms with Crippen LogP contribution in [0.25, 0.3) is 0 Å². The Morgan fingerprint density at radius 1 is 1.22 bits per heavy atom. The zero-order valence-electron chi connectivity index (χ0n) is 12.3. The Labute approximate surface area is 112 Å². The lowest BCUT2D eigenvalue weighted by molar-refractivity contribution is 0.0311. The third-order valence-electron chi connectivity index (χ3n) is 4.97. The van der Waals surface area contributed by atoms with E-state index < -0.39 is 0 Å². The van der Waals surface area contributed by atoms with Crippen molar-refractivity contribution in [2.45, 2.75) is 46.1 Å². The molecule has 0 radical (unpaired) electrons. The molecule has 2 unspecified atom stereocenters. The Kier molecular flexibility index (Phi) is 4.68. The minimum Gasteiger partial charge on any atom is -0.381 e. The molecule has 0 aliphatic carbocycles. The maximum absolute atomic E-state index is 6.06. The van der Waals surface area contributed by atoms with E-state index in [0.29, 0.717) is 11.5 Å². The highest BCUT2D eigenvalue weighted by Crippen LogP contribution is 2.36. The number of hydrogen-bond acceptors (Lipinski definition) is 3. The second-order valence-electron chi connectivity index (χ2n) is 7.10. The molecule has 3 nitrogen and oxygen atoms in total. The summed E-state index contributed by atoms with van der Waals surface area (Å²) in [5, 5.41) is 0. The standard InChI is InChI=1S/C15H30N2O/c1-15(2,3)13-4-7-17(11-13)14(10-16)12-5-8-18-9-6-12/h12-14H,4-11,16H2,1-3H3. The molecule has 18 heavy (non-hydrogen) atoms. The van der Waals surface area contributed by atoms with Crippen molar-refractivity contribution in [2.24, 2.45) is 23.0 Å². The highest BCUT2D eigenvalue weighted by molar-refractivity contribution is 4.90. The van der Waals surface area contributed by atoms with Crippen LogP contribution in [0.15, 0.2) is 0 Å². The van der Waals surface area contributed by atoms with Crippen molar-refractivity contribution < 1.29 is 4.74 Å². The predicted octanol–water partition coefficient (Wildman–Crippen LogP) is 2.11. The third kappa shape index (κ3) is 3.25. The van der Waals surface area contributed by atoms with E-state index in [4.69, 9.17) is 10.5 Å². The summed E-state index contributed by atoms with van der Waals surface area (Å²) in [5.74, 6) is 1.58. The van der Waals surface area contributed by atoms with Gasteiger partial charge in [-0.15, -0.1) is 0 Å². The van der Waals surface area contributed by atoms with Crippen LogP contribution in [0, 0.1) is 17.3 Å². The number of ether oxygens (including phenoxy) is 1. The third-order valence-corrected chi connectivity index (χ3v) is 4.97. The van der Waals surface area contributed by atoms with E-state index in [1.165, 1.54) is 32.4 Å². The first-order valence-electron chi connectivity index (χ1n) is 7.54. The fourth-order valence-corrected chi connectivity index (χ4v) is 3.54. The van der Waals surface area contributed by atoms with Gasteiger partial charge in [0.05, 0.1) is 0 Å². The van der Waals surface area contributed by atoms with Gasteiger partial charge in [-0.1, -0.05) is 20.8 Å². The number of likely N-dealkylation sites (tertiary alicyclic amines) is 1. The van der Waals surface area contributed by atoms with E-state index in [2.05, 4.69) is 25.7 Å². The molecule has 2 atom stereocenters. The Hall–Kier alpha value is -0.120. The van der Waals surface area contributed by atoms with Crippen LogP contribution in [0.5, 0.6) is 0 Å². The quantitative estimate of drug-likeness (QED) is 0.838. The van der Waals surface area contributed by atoms with Crippen molar-refractivity contribution in [1.29, 1.82) is 0 Å². The first-order chi connectivity index (χ1) is 8.52. The zero-order chi connectivity index (χ0) is 13.2. The maximum atomic E-state index is 6.06. The molecule has 0 saturated carbocycles. The Balaban J connectivity index is 1.93. The molecule has 2 heterocycles. The lowest BCUT2D eigenvalue weighted by Gasteiger charge is -2.36. The summed E-state index contributed by atoms with van der Waals surface area (Å²) < 4.78 is 5.47. The summed E-state index contributed by atoms with van der Waals surface area (Å²) in [7, 11) is 0. The SMILES string of the molecule is CC(C)(C)C1CCN(C(CN)C2CCOCC2)C1. The van der Waals surface area contributed by atoms with Gasteiger partial charge >= 0.3 is 0 Å². The average Bonchev–Trinajstić information content (AvgIpc) is 2.81. The molecule has 106 valence electrons. The molecular formula is C15H30N2O. The molecule has 2 fully saturated rings. The number of hydrogen-bond donors (Lipinski definition) is 1. The monoisotopic (exact) mass is 254 g/mol.